The molecule has 0 saturated heterocycles. The summed E-state index contributed by atoms with van der Waals surface area (Å²) in [6.45, 7) is -0.351. The number of alkyl halides is 2. The molecular weight excluding hydrogens is 410 g/mol. The van der Waals surface area contributed by atoms with Crippen molar-refractivity contribution in [2.75, 3.05) is 20.3 Å². The second kappa shape index (κ2) is 12.4. The van der Waals surface area contributed by atoms with Crippen LogP contribution in [-0.2, 0) is 11.3 Å². The van der Waals surface area contributed by atoms with E-state index in [1.165, 1.54) is 25.3 Å². The third-order valence-corrected chi connectivity index (χ3v) is 4.23. The summed E-state index contributed by atoms with van der Waals surface area (Å²) in [6, 6.07) is 11.0. The molecule has 7 nitrogen and oxygen atoms in total. The number of hydrogen-bond acceptors (Lipinski definition) is 5. The third-order valence-electron chi connectivity index (χ3n) is 4.23. The van der Waals surface area contributed by atoms with Crippen molar-refractivity contribution in [2.24, 2.45) is 0 Å². The van der Waals surface area contributed by atoms with Crippen molar-refractivity contribution in [3.05, 3.63) is 53.6 Å². The molecule has 0 aliphatic carbocycles. The van der Waals surface area contributed by atoms with E-state index in [0.717, 1.165) is 12.8 Å². The van der Waals surface area contributed by atoms with Crippen LogP contribution in [0.25, 0.3) is 0 Å². The Labute approximate surface area is 179 Å². The van der Waals surface area contributed by atoms with Crippen LogP contribution in [0, 0.1) is 0 Å². The Kier molecular flexibility index (Phi) is 9.54. The largest absolute Gasteiger partial charge is 0.494 e. The number of rotatable bonds is 12. The number of nitrogens with one attached hydrogen (secondary N) is 2. The van der Waals surface area contributed by atoms with Crippen LogP contribution in [0.3, 0.4) is 0 Å². The van der Waals surface area contributed by atoms with Gasteiger partial charge in [-0.3, -0.25) is 9.59 Å². The van der Waals surface area contributed by atoms with Gasteiger partial charge in [0.05, 0.1) is 20.3 Å². The maximum absolute atomic E-state index is 12.4. The molecule has 0 aromatic heterocycles. The van der Waals surface area contributed by atoms with E-state index in [4.69, 9.17) is 9.47 Å². The van der Waals surface area contributed by atoms with Gasteiger partial charge in [0.2, 0.25) is 5.91 Å². The van der Waals surface area contributed by atoms with E-state index in [0.29, 0.717) is 23.5 Å². The molecule has 0 fully saturated rings. The lowest BCUT2D eigenvalue weighted by Crippen LogP contribution is -2.36. The lowest BCUT2D eigenvalue weighted by atomic mass is 10.2. The SMILES string of the molecule is CCCCOc1ccc(C(=O)NCC(=O)NCc2ccc(OC(F)F)c(OC)c2)cc1. The first-order chi connectivity index (χ1) is 14.9. The zero-order valence-corrected chi connectivity index (χ0v) is 17.5. The quantitative estimate of drug-likeness (QED) is 0.498. The Morgan fingerprint density at radius 3 is 2.42 bits per heavy atom. The molecule has 168 valence electrons. The molecule has 0 saturated carbocycles. The monoisotopic (exact) mass is 436 g/mol. The molecule has 0 heterocycles. The van der Waals surface area contributed by atoms with Crippen molar-refractivity contribution in [1.82, 2.24) is 10.6 Å². The summed E-state index contributed by atoms with van der Waals surface area (Å²) in [6.07, 6.45) is 1.99. The summed E-state index contributed by atoms with van der Waals surface area (Å²) >= 11 is 0. The summed E-state index contributed by atoms with van der Waals surface area (Å²) in [5.74, 6) is -0.0718. The summed E-state index contributed by atoms with van der Waals surface area (Å²) < 4.78 is 39.7. The predicted octanol–water partition coefficient (Wildman–Crippen LogP) is 3.52. The molecule has 0 radical (unpaired) electrons. The van der Waals surface area contributed by atoms with Gasteiger partial charge in [-0.2, -0.15) is 8.78 Å². The fourth-order valence-corrected chi connectivity index (χ4v) is 2.58. The van der Waals surface area contributed by atoms with E-state index in [-0.39, 0.29) is 30.5 Å². The molecule has 31 heavy (non-hydrogen) atoms. The summed E-state index contributed by atoms with van der Waals surface area (Å²) in [4.78, 5) is 24.2. The molecular formula is C22H26F2N2O5. The first kappa shape index (κ1) is 23.9. The molecule has 0 spiro atoms. The number of ether oxygens (including phenoxy) is 3. The van der Waals surface area contributed by atoms with Crippen LogP contribution >= 0.6 is 0 Å². The van der Waals surface area contributed by atoms with E-state index < -0.39 is 12.5 Å². The molecule has 2 aromatic carbocycles. The maximum Gasteiger partial charge on any atom is 0.387 e. The molecule has 0 aliphatic heterocycles. The highest BCUT2D eigenvalue weighted by Gasteiger charge is 2.12. The molecule has 0 atom stereocenters. The molecule has 2 rings (SSSR count). The van der Waals surface area contributed by atoms with Crippen LogP contribution < -0.4 is 24.8 Å². The number of methoxy groups -OCH3 is 1. The van der Waals surface area contributed by atoms with Gasteiger partial charge in [0.15, 0.2) is 11.5 Å². The first-order valence-electron chi connectivity index (χ1n) is 9.82. The molecule has 2 aromatic rings. The summed E-state index contributed by atoms with van der Waals surface area (Å²) in [5, 5.41) is 5.18. The van der Waals surface area contributed by atoms with Crippen molar-refractivity contribution < 1.29 is 32.6 Å². The van der Waals surface area contributed by atoms with Gasteiger partial charge >= 0.3 is 6.61 Å². The van der Waals surface area contributed by atoms with Crippen LogP contribution in [-0.4, -0.2) is 38.7 Å². The van der Waals surface area contributed by atoms with Crippen LogP contribution in [0.4, 0.5) is 8.78 Å². The molecule has 0 unspecified atom stereocenters. The van der Waals surface area contributed by atoms with E-state index >= 15 is 0 Å². The number of carbonyl (C=O) groups excluding carboxylic acids is 2. The minimum Gasteiger partial charge on any atom is -0.494 e. The minimum atomic E-state index is -2.96. The highest BCUT2D eigenvalue weighted by molar-refractivity contribution is 5.96. The van der Waals surface area contributed by atoms with Crippen LogP contribution in [0.15, 0.2) is 42.5 Å². The number of carbonyl (C=O) groups is 2. The number of unbranched alkanes of at least 4 members (excludes halogenated alkanes) is 1. The smallest absolute Gasteiger partial charge is 0.387 e. The zero-order chi connectivity index (χ0) is 22.6. The normalized spacial score (nSPS) is 10.5. The van der Waals surface area contributed by atoms with Crippen molar-refractivity contribution in [1.29, 1.82) is 0 Å². The van der Waals surface area contributed by atoms with Crippen molar-refractivity contribution >= 4 is 11.8 Å². The zero-order valence-electron chi connectivity index (χ0n) is 17.5. The van der Waals surface area contributed by atoms with Gasteiger partial charge in [-0.05, 0) is 48.4 Å². The van der Waals surface area contributed by atoms with Gasteiger partial charge in [0.25, 0.3) is 5.91 Å². The van der Waals surface area contributed by atoms with Gasteiger partial charge in [-0.15, -0.1) is 0 Å². The Morgan fingerprint density at radius 2 is 1.77 bits per heavy atom. The second-order valence-electron chi connectivity index (χ2n) is 6.55. The Balaban J connectivity index is 1.79. The fraction of sp³-hybridized carbons (Fsp3) is 0.364. The molecule has 9 heteroatoms. The Hall–Kier alpha value is -3.36. The van der Waals surface area contributed by atoms with Gasteiger partial charge < -0.3 is 24.8 Å². The van der Waals surface area contributed by atoms with E-state index in [9.17, 15) is 18.4 Å². The van der Waals surface area contributed by atoms with Gasteiger partial charge in [-0.1, -0.05) is 19.4 Å². The summed E-state index contributed by atoms with van der Waals surface area (Å²) in [7, 11) is 1.33. The highest BCUT2D eigenvalue weighted by atomic mass is 19.3. The fourth-order valence-electron chi connectivity index (χ4n) is 2.58. The number of halogens is 2. The van der Waals surface area contributed by atoms with Gasteiger partial charge in [0.1, 0.15) is 5.75 Å². The molecule has 0 bridgehead atoms. The molecule has 0 aliphatic rings. The predicted molar refractivity (Wildman–Crippen MR) is 111 cm³/mol. The number of hydrogen-bond donors (Lipinski definition) is 2. The van der Waals surface area contributed by atoms with Crippen molar-refractivity contribution in [3.8, 4) is 17.2 Å². The van der Waals surface area contributed by atoms with Crippen LogP contribution in [0.5, 0.6) is 17.2 Å². The Bertz CT molecular complexity index is 859. The van der Waals surface area contributed by atoms with E-state index in [1.807, 2.05) is 0 Å². The van der Waals surface area contributed by atoms with Crippen molar-refractivity contribution in [3.63, 3.8) is 0 Å². The summed E-state index contributed by atoms with van der Waals surface area (Å²) in [5.41, 5.74) is 1.03. The number of amides is 2. The third kappa shape index (κ3) is 8.12. The lowest BCUT2D eigenvalue weighted by Gasteiger charge is -2.12. The van der Waals surface area contributed by atoms with Gasteiger partial charge in [-0.25, -0.2) is 0 Å². The minimum absolute atomic E-state index is 0.0957. The molecule has 2 amide bonds. The molecule has 2 N–H and O–H groups in total. The number of benzene rings is 2. The highest BCUT2D eigenvalue weighted by Crippen LogP contribution is 2.29. The first-order valence-corrected chi connectivity index (χ1v) is 9.82. The van der Waals surface area contributed by atoms with Gasteiger partial charge in [0, 0.05) is 12.1 Å². The maximum atomic E-state index is 12.4. The van der Waals surface area contributed by atoms with Crippen molar-refractivity contribution in [2.45, 2.75) is 32.9 Å². The Morgan fingerprint density at radius 1 is 1.03 bits per heavy atom. The van der Waals surface area contributed by atoms with E-state index in [2.05, 4.69) is 22.3 Å². The average Bonchev–Trinajstić information content (AvgIpc) is 2.77. The average molecular weight is 436 g/mol. The van der Waals surface area contributed by atoms with E-state index in [1.54, 1.807) is 24.3 Å². The lowest BCUT2D eigenvalue weighted by molar-refractivity contribution is -0.120. The topological polar surface area (TPSA) is 85.9 Å². The van der Waals surface area contributed by atoms with Crippen LogP contribution in [0.2, 0.25) is 0 Å². The standard InChI is InChI=1S/C22H26F2N2O5/c1-3-4-11-30-17-8-6-16(7-9-17)21(28)26-14-20(27)25-13-15-5-10-18(31-22(23)24)19(12-15)29-2/h5-10,12,22H,3-4,11,13-14H2,1-2H3,(H,25,27)(H,26,28). The van der Waals surface area contributed by atoms with Crippen LogP contribution in [0.1, 0.15) is 35.7 Å². The second-order valence-corrected chi connectivity index (χ2v) is 6.55.